The highest BCUT2D eigenvalue weighted by molar-refractivity contribution is 7.89. The molecule has 1 amide bonds. The fourth-order valence-electron chi connectivity index (χ4n) is 2.55. The number of nitrogens with one attached hydrogen (secondary N) is 1. The van der Waals surface area contributed by atoms with Crippen molar-refractivity contribution in [1.82, 2.24) is 9.29 Å². The van der Waals surface area contributed by atoms with E-state index in [4.69, 9.17) is 0 Å². The minimum absolute atomic E-state index is 0.144. The molecule has 0 spiro atoms. The highest BCUT2D eigenvalue weighted by atomic mass is 32.2. The van der Waals surface area contributed by atoms with E-state index in [1.54, 1.807) is 18.2 Å². The number of rotatable bonds is 6. The lowest BCUT2D eigenvalue weighted by molar-refractivity contribution is -0.111. The van der Waals surface area contributed by atoms with Crippen LogP contribution in [0.1, 0.15) is 27.7 Å². The van der Waals surface area contributed by atoms with E-state index in [-0.39, 0.29) is 22.9 Å². The number of carbonyl (C=O) groups excluding carboxylic acids is 1. The summed E-state index contributed by atoms with van der Waals surface area (Å²) in [5.41, 5.74) is 0.638. The summed E-state index contributed by atoms with van der Waals surface area (Å²) in [6.07, 6.45) is 1.16. The van der Waals surface area contributed by atoms with Crippen molar-refractivity contribution in [2.24, 2.45) is 0 Å². The van der Waals surface area contributed by atoms with Crippen LogP contribution in [0.4, 0.5) is 5.13 Å². The summed E-state index contributed by atoms with van der Waals surface area (Å²) >= 11 is 1.23. The van der Waals surface area contributed by atoms with Crippen LogP contribution in [-0.4, -0.2) is 35.7 Å². The van der Waals surface area contributed by atoms with Crippen molar-refractivity contribution in [3.05, 3.63) is 30.9 Å². The Morgan fingerprint density at radius 1 is 1.29 bits per heavy atom. The second-order valence-electron chi connectivity index (χ2n) is 5.86. The van der Waals surface area contributed by atoms with E-state index in [0.717, 1.165) is 6.08 Å². The first-order valence-electron chi connectivity index (χ1n) is 7.54. The molecular weight excluding hydrogens is 346 g/mol. The number of fused-ring (bicyclic) bond motifs is 1. The third-order valence-corrected chi connectivity index (χ3v) is 6.55. The molecule has 0 aliphatic carbocycles. The molecule has 1 aromatic carbocycles. The number of carbonyl (C=O) groups is 1. The Balaban J connectivity index is 2.46. The van der Waals surface area contributed by atoms with Gasteiger partial charge in [-0.3, -0.25) is 10.1 Å². The van der Waals surface area contributed by atoms with Crippen LogP contribution >= 0.6 is 11.3 Å². The molecule has 0 saturated heterocycles. The monoisotopic (exact) mass is 367 g/mol. The Kier molecular flexibility index (Phi) is 5.42. The fourth-order valence-corrected chi connectivity index (χ4v) is 5.39. The molecule has 1 N–H and O–H groups in total. The lowest BCUT2D eigenvalue weighted by Gasteiger charge is -2.29. The largest absolute Gasteiger partial charge is 0.298 e. The summed E-state index contributed by atoms with van der Waals surface area (Å²) in [6.45, 7) is 10.8. The third kappa shape index (κ3) is 3.66. The summed E-state index contributed by atoms with van der Waals surface area (Å²) in [6, 6.07) is 4.52. The first kappa shape index (κ1) is 18.6. The van der Waals surface area contributed by atoms with Gasteiger partial charge in [0.25, 0.3) is 0 Å². The van der Waals surface area contributed by atoms with Crippen molar-refractivity contribution in [2.45, 2.75) is 44.7 Å². The summed E-state index contributed by atoms with van der Waals surface area (Å²) in [5, 5.41) is 3.00. The molecule has 0 aliphatic rings. The predicted molar refractivity (Wildman–Crippen MR) is 97.7 cm³/mol. The molecule has 2 rings (SSSR count). The van der Waals surface area contributed by atoms with Gasteiger partial charge >= 0.3 is 0 Å². The maximum absolute atomic E-state index is 12.9. The zero-order chi connectivity index (χ0) is 18.1. The molecule has 0 atom stereocenters. The van der Waals surface area contributed by atoms with Crippen molar-refractivity contribution < 1.29 is 13.2 Å². The molecule has 1 aromatic heterocycles. The highest BCUT2D eigenvalue weighted by Crippen LogP contribution is 2.30. The topological polar surface area (TPSA) is 79.4 Å². The zero-order valence-electron chi connectivity index (χ0n) is 14.1. The Morgan fingerprint density at radius 2 is 1.92 bits per heavy atom. The highest BCUT2D eigenvalue weighted by Gasteiger charge is 2.29. The van der Waals surface area contributed by atoms with Crippen LogP contribution in [0.3, 0.4) is 0 Å². The van der Waals surface area contributed by atoms with Gasteiger partial charge in [0.05, 0.1) is 15.1 Å². The number of sulfonamides is 1. The van der Waals surface area contributed by atoms with Gasteiger partial charge in [0.2, 0.25) is 15.9 Å². The average molecular weight is 367 g/mol. The molecular formula is C16H21N3O3S2. The van der Waals surface area contributed by atoms with Crippen LogP contribution in [0.25, 0.3) is 10.2 Å². The van der Waals surface area contributed by atoms with Gasteiger partial charge in [0, 0.05) is 12.1 Å². The maximum Gasteiger partial charge on any atom is 0.249 e. The number of thiazole rings is 1. The van der Waals surface area contributed by atoms with E-state index in [9.17, 15) is 13.2 Å². The van der Waals surface area contributed by atoms with Crippen LogP contribution < -0.4 is 5.32 Å². The molecule has 8 heteroatoms. The van der Waals surface area contributed by atoms with Gasteiger partial charge in [0.15, 0.2) is 5.13 Å². The van der Waals surface area contributed by atoms with Gasteiger partial charge < -0.3 is 0 Å². The van der Waals surface area contributed by atoms with Crippen molar-refractivity contribution in [3.8, 4) is 0 Å². The van der Waals surface area contributed by atoms with Crippen LogP contribution in [0.2, 0.25) is 0 Å². The molecule has 24 heavy (non-hydrogen) atoms. The van der Waals surface area contributed by atoms with Gasteiger partial charge in [-0.25, -0.2) is 13.4 Å². The van der Waals surface area contributed by atoms with Gasteiger partial charge in [-0.05, 0) is 52.0 Å². The van der Waals surface area contributed by atoms with Gasteiger partial charge in [-0.2, -0.15) is 4.31 Å². The van der Waals surface area contributed by atoms with E-state index < -0.39 is 10.0 Å². The summed E-state index contributed by atoms with van der Waals surface area (Å²) in [4.78, 5) is 15.9. The van der Waals surface area contributed by atoms with Gasteiger partial charge in [-0.1, -0.05) is 17.9 Å². The summed E-state index contributed by atoms with van der Waals surface area (Å²) in [7, 11) is -3.60. The average Bonchev–Trinajstić information content (AvgIpc) is 2.86. The minimum atomic E-state index is -3.60. The molecule has 6 nitrogen and oxygen atoms in total. The van der Waals surface area contributed by atoms with E-state index in [1.807, 2.05) is 27.7 Å². The van der Waals surface area contributed by atoms with Gasteiger partial charge in [0.1, 0.15) is 0 Å². The van der Waals surface area contributed by atoms with E-state index in [1.165, 1.54) is 15.6 Å². The first-order valence-corrected chi connectivity index (χ1v) is 9.80. The molecule has 0 unspecified atom stereocenters. The number of hydrogen-bond donors (Lipinski definition) is 1. The number of benzene rings is 1. The predicted octanol–water partition coefficient (Wildman–Crippen LogP) is 3.23. The molecule has 0 saturated carbocycles. The number of nitrogens with zero attached hydrogens (tertiary/aromatic N) is 2. The number of amides is 1. The second kappa shape index (κ2) is 7.00. The molecule has 0 radical (unpaired) electrons. The zero-order valence-corrected chi connectivity index (χ0v) is 15.7. The lowest BCUT2D eigenvalue weighted by Crippen LogP contribution is -2.41. The van der Waals surface area contributed by atoms with E-state index in [0.29, 0.717) is 15.3 Å². The van der Waals surface area contributed by atoms with Crippen LogP contribution in [-0.2, 0) is 14.8 Å². The smallest absolute Gasteiger partial charge is 0.249 e. The second-order valence-corrected chi connectivity index (χ2v) is 8.74. The van der Waals surface area contributed by atoms with Crippen molar-refractivity contribution in [1.29, 1.82) is 0 Å². The molecule has 1 heterocycles. The molecule has 0 bridgehead atoms. The van der Waals surface area contributed by atoms with Gasteiger partial charge in [-0.15, -0.1) is 0 Å². The van der Waals surface area contributed by atoms with Crippen molar-refractivity contribution in [3.63, 3.8) is 0 Å². The Morgan fingerprint density at radius 3 is 2.46 bits per heavy atom. The Bertz CT molecular complexity index is 862. The standard InChI is InChI=1S/C16H21N3O3S2/c1-6-15(20)18-16-17-13-8-7-12(9-14(13)23-16)24(21,22)19(10(2)3)11(4)5/h6-11H,1H2,2-5H3,(H,17,18,20). The lowest BCUT2D eigenvalue weighted by atomic mass is 10.3. The SMILES string of the molecule is C=CC(=O)Nc1nc2ccc(S(=O)(=O)N(C(C)C)C(C)C)cc2s1. The number of anilines is 1. The Labute approximate surface area is 146 Å². The molecule has 2 aromatic rings. The summed E-state index contributed by atoms with van der Waals surface area (Å²) in [5.74, 6) is -0.354. The first-order chi connectivity index (χ1) is 11.2. The van der Waals surface area contributed by atoms with Crippen LogP contribution in [0, 0.1) is 0 Å². The normalized spacial score (nSPS) is 12.3. The summed E-state index contributed by atoms with van der Waals surface area (Å²) < 4.78 is 28.0. The Hall–Kier alpha value is -1.77. The fraction of sp³-hybridized carbons (Fsp3) is 0.375. The molecule has 130 valence electrons. The quantitative estimate of drug-likeness (QED) is 0.795. The number of aromatic nitrogens is 1. The minimum Gasteiger partial charge on any atom is -0.298 e. The van der Waals surface area contributed by atoms with E-state index in [2.05, 4.69) is 16.9 Å². The van der Waals surface area contributed by atoms with Crippen LogP contribution in [0.15, 0.2) is 35.7 Å². The molecule has 0 aliphatic heterocycles. The number of hydrogen-bond acceptors (Lipinski definition) is 5. The molecule has 0 fully saturated rings. The van der Waals surface area contributed by atoms with Crippen molar-refractivity contribution in [2.75, 3.05) is 5.32 Å². The van der Waals surface area contributed by atoms with E-state index >= 15 is 0 Å². The van der Waals surface area contributed by atoms with Crippen LogP contribution in [0.5, 0.6) is 0 Å². The van der Waals surface area contributed by atoms with Crippen molar-refractivity contribution >= 4 is 42.6 Å². The maximum atomic E-state index is 12.9. The third-order valence-electron chi connectivity index (χ3n) is 3.37.